The van der Waals surface area contributed by atoms with E-state index < -0.39 is 0 Å². The van der Waals surface area contributed by atoms with Crippen molar-refractivity contribution in [2.45, 2.75) is 20.8 Å². The maximum Gasteiger partial charge on any atom is 0.0446 e. The van der Waals surface area contributed by atoms with Crippen molar-refractivity contribution in [1.82, 2.24) is 0 Å². The zero-order chi connectivity index (χ0) is 16.7. The molecule has 0 aliphatic rings. The van der Waals surface area contributed by atoms with E-state index in [1.807, 2.05) is 0 Å². The van der Waals surface area contributed by atoms with Crippen molar-refractivity contribution in [3.8, 4) is 0 Å². The molecule has 4 aromatic rings. The molecule has 0 radical (unpaired) electrons. The van der Waals surface area contributed by atoms with Crippen molar-refractivity contribution < 1.29 is 0 Å². The number of anilines is 1. The topological polar surface area (TPSA) is 3.24 Å². The number of nitrogens with zero attached hydrogens (tertiary/aromatic N) is 1. The minimum atomic E-state index is 1.03. The van der Waals surface area contributed by atoms with Crippen LogP contribution in [-0.4, -0.2) is 13.1 Å². The number of fused-ring (bicyclic) bond motifs is 4. The summed E-state index contributed by atoms with van der Waals surface area (Å²) in [5, 5.41) is 8.05. The van der Waals surface area contributed by atoms with E-state index in [1.165, 1.54) is 43.6 Å². The molecular formula is C23H23N. The lowest BCUT2D eigenvalue weighted by molar-refractivity contribution is 0.870. The SMILES string of the molecule is CCN(CC)c1ccc(C)c2c1ccc1cc3ccccc3cc12. The Bertz CT molecular complexity index is 1040. The summed E-state index contributed by atoms with van der Waals surface area (Å²) >= 11 is 0. The fourth-order valence-corrected chi connectivity index (χ4v) is 3.87. The molecule has 0 spiro atoms. The predicted molar refractivity (Wildman–Crippen MR) is 107 cm³/mol. The molecule has 0 saturated carbocycles. The number of benzene rings is 4. The van der Waals surface area contributed by atoms with Crippen LogP contribution in [0, 0.1) is 6.92 Å². The highest BCUT2D eigenvalue weighted by atomic mass is 15.1. The Hall–Kier alpha value is -2.54. The summed E-state index contributed by atoms with van der Waals surface area (Å²) in [6, 6.07) is 22.4. The number of hydrogen-bond donors (Lipinski definition) is 0. The Labute approximate surface area is 143 Å². The second kappa shape index (κ2) is 5.83. The normalized spacial score (nSPS) is 11.5. The minimum Gasteiger partial charge on any atom is -0.372 e. The van der Waals surface area contributed by atoms with Crippen LogP contribution in [0.3, 0.4) is 0 Å². The first-order chi connectivity index (χ1) is 11.7. The van der Waals surface area contributed by atoms with Crippen molar-refractivity contribution >= 4 is 38.0 Å². The van der Waals surface area contributed by atoms with Crippen LogP contribution in [0.4, 0.5) is 5.69 Å². The minimum absolute atomic E-state index is 1.03. The Kier molecular flexibility index (Phi) is 3.65. The summed E-state index contributed by atoms with van der Waals surface area (Å²) in [5.41, 5.74) is 2.69. The van der Waals surface area contributed by atoms with Crippen LogP contribution in [0.1, 0.15) is 19.4 Å². The van der Waals surface area contributed by atoms with Crippen LogP contribution in [0.5, 0.6) is 0 Å². The van der Waals surface area contributed by atoms with Gasteiger partial charge in [0.2, 0.25) is 0 Å². The smallest absolute Gasteiger partial charge is 0.0446 e. The van der Waals surface area contributed by atoms with Crippen molar-refractivity contribution in [2.75, 3.05) is 18.0 Å². The van der Waals surface area contributed by atoms with E-state index in [4.69, 9.17) is 0 Å². The summed E-state index contributed by atoms with van der Waals surface area (Å²) in [6.45, 7) is 8.74. The van der Waals surface area contributed by atoms with Gasteiger partial charge in [-0.05, 0) is 71.5 Å². The predicted octanol–water partition coefficient (Wildman–Crippen LogP) is 6.30. The maximum absolute atomic E-state index is 2.44. The summed E-state index contributed by atoms with van der Waals surface area (Å²) < 4.78 is 0. The van der Waals surface area contributed by atoms with Gasteiger partial charge in [-0.3, -0.25) is 0 Å². The van der Waals surface area contributed by atoms with Crippen LogP contribution in [0.25, 0.3) is 32.3 Å². The molecule has 0 aromatic heterocycles. The maximum atomic E-state index is 2.44. The Morgan fingerprint density at radius 2 is 1.42 bits per heavy atom. The molecule has 0 saturated heterocycles. The van der Waals surface area contributed by atoms with Crippen molar-refractivity contribution in [3.63, 3.8) is 0 Å². The highest BCUT2D eigenvalue weighted by molar-refractivity contribution is 6.16. The third-order valence-corrected chi connectivity index (χ3v) is 5.15. The second-order valence-corrected chi connectivity index (χ2v) is 6.48. The van der Waals surface area contributed by atoms with Gasteiger partial charge in [-0.2, -0.15) is 0 Å². The molecule has 1 nitrogen and oxygen atoms in total. The summed E-state index contributed by atoms with van der Waals surface area (Å²) in [6.07, 6.45) is 0. The molecule has 4 aromatic carbocycles. The van der Waals surface area contributed by atoms with Crippen LogP contribution in [0.15, 0.2) is 60.7 Å². The molecule has 24 heavy (non-hydrogen) atoms. The largest absolute Gasteiger partial charge is 0.372 e. The fourth-order valence-electron chi connectivity index (χ4n) is 3.87. The van der Waals surface area contributed by atoms with Crippen molar-refractivity contribution in [1.29, 1.82) is 0 Å². The van der Waals surface area contributed by atoms with Crippen molar-refractivity contribution in [2.24, 2.45) is 0 Å². The molecule has 0 aliphatic carbocycles. The molecule has 120 valence electrons. The standard InChI is InChI=1S/C23H23N/c1-4-24(5-2)22-13-10-16(3)23-20(22)12-11-19-14-17-8-6-7-9-18(17)15-21(19)23/h6-15H,4-5H2,1-3H3. The average molecular weight is 313 g/mol. The highest BCUT2D eigenvalue weighted by Gasteiger charge is 2.11. The van der Waals surface area contributed by atoms with Gasteiger partial charge in [0.1, 0.15) is 0 Å². The first kappa shape index (κ1) is 15.0. The number of aryl methyl sites for hydroxylation is 1. The second-order valence-electron chi connectivity index (χ2n) is 6.48. The van der Waals surface area contributed by atoms with Gasteiger partial charge in [-0.15, -0.1) is 0 Å². The van der Waals surface area contributed by atoms with Gasteiger partial charge in [0, 0.05) is 24.2 Å². The molecular weight excluding hydrogens is 290 g/mol. The number of rotatable bonds is 3. The summed E-state index contributed by atoms with van der Waals surface area (Å²) in [4.78, 5) is 2.44. The summed E-state index contributed by atoms with van der Waals surface area (Å²) in [5.74, 6) is 0. The lowest BCUT2D eigenvalue weighted by Gasteiger charge is -2.24. The van der Waals surface area contributed by atoms with Gasteiger partial charge in [0.15, 0.2) is 0 Å². The molecule has 0 amide bonds. The third-order valence-electron chi connectivity index (χ3n) is 5.15. The lowest BCUT2D eigenvalue weighted by atomic mass is 9.94. The highest BCUT2D eigenvalue weighted by Crippen LogP contribution is 2.36. The Morgan fingerprint density at radius 1 is 0.708 bits per heavy atom. The van der Waals surface area contributed by atoms with E-state index in [2.05, 4.69) is 86.3 Å². The van der Waals surface area contributed by atoms with Gasteiger partial charge in [0.25, 0.3) is 0 Å². The van der Waals surface area contributed by atoms with Gasteiger partial charge < -0.3 is 4.90 Å². The van der Waals surface area contributed by atoms with E-state index in [0.29, 0.717) is 0 Å². The molecule has 0 bridgehead atoms. The molecule has 0 fully saturated rings. The van der Waals surface area contributed by atoms with E-state index in [1.54, 1.807) is 0 Å². The van der Waals surface area contributed by atoms with E-state index >= 15 is 0 Å². The van der Waals surface area contributed by atoms with Gasteiger partial charge in [0.05, 0.1) is 0 Å². The fraction of sp³-hybridized carbons (Fsp3) is 0.217. The quantitative estimate of drug-likeness (QED) is 0.317. The molecule has 0 aliphatic heterocycles. The van der Waals surface area contributed by atoms with E-state index in [9.17, 15) is 0 Å². The molecule has 0 atom stereocenters. The monoisotopic (exact) mass is 313 g/mol. The first-order valence-electron chi connectivity index (χ1n) is 8.82. The average Bonchev–Trinajstić information content (AvgIpc) is 2.62. The van der Waals surface area contributed by atoms with Gasteiger partial charge >= 0.3 is 0 Å². The van der Waals surface area contributed by atoms with E-state index in [-0.39, 0.29) is 0 Å². The Morgan fingerprint density at radius 3 is 2.12 bits per heavy atom. The Balaban J connectivity index is 2.13. The van der Waals surface area contributed by atoms with Crippen LogP contribution >= 0.6 is 0 Å². The van der Waals surface area contributed by atoms with E-state index in [0.717, 1.165) is 13.1 Å². The van der Waals surface area contributed by atoms with Crippen LogP contribution in [0.2, 0.25) is 0 Å². The molecule has 4 rings (SSSR count). The molecule has 1 heteroatoms. The third kappa shape index (κ3) is 2.24. The zero-order valence-corrected chi connectivity index (χ0v) is 14.6. The number of hydrogen-bond acceptors (Lipinski definition) is 1. The van der Waals surface area contributed by atoms with Crippen LogP contribution < -0.4 is 4.90 Å². The first-order valence-corrected chi connectivity index (χ1v) is 8.82. The summed E-state index contributed by atoms with van der Waals surface area (Å²) in [7, 11) is 0. The zero-order valence-electron chi connectivity index (χ0n) is 14.6. The van der Waals surface area contributed by atoms with Gasteiger partial charge in [-0.25, -0.2) is 0 Å². The van der Waals surface area contributed by atoms with Crippen LogP contribution in [-0.2, 0) is 0 Å². The van der Waals surface area contributed by atoms with Crippen molar-refractivity contribution in [3.05, 3.63) is 66.2 Å². The lowest BCUT2D eigenvalue weighted by Crippen LogP contribution is -2.22. The molecule has 0 heterocycles. The molecule has 0 N–H and O–H groups in total. The molecule has 0 unspecified atom stereocenters. The van der Waals surface area contributed by atoms with Gasteiger partial charge in [-0.1, -0.05) is 42.5 Å².